The predicted molar refractivity (Wildman–Crippen MR) is 158 cm³/mol. The van der Waals surface area contributed by atoms with E-state index in [1.54, 1.807) is 0 Å². The third-order valence-electron chi connectivity index (χ3n) is 7.17. The average Bonchev–Trinajstić information content (AvgIpc) is 3.46. The molecule has 0 saturated carbocycles. The number of rotatable bonds is 7. The lowest BCUT2D eigenvalue weighted by Gasteiger charge is -2.35. The van der Waals surface area contributed by atoms with Gasteiger partial charge in [-0.05, 0) is 50.1 Å². The highest BCUT2D eigenvalue weighted by Gasteiger charge is 2.25. The molecule has 1 amide bonds. The van der Waals surface area contributed by atoms with Gasteiger partial charge in [0.05, 0.1) is 23.6 Å². The number of pyridine rings is 1. The first-order valence-electron chi connectivity index (χ1n) is 13.9. The highest BCUT2D eigenvalue weighted by molar-refractivity contribution is 5.89. The Morgan fingerprint density at radius 1 is 1.12 bits per heavy atom. The van der Waals surface area contributed by atoms with Gasteiger partial charge in [0.2, 0.25) is 0 Å². The molecule has 214 valence electrons. The summed E-state index contributed by atoms with van der Waals surface area (Å²) in [7, 11) is 0. The summed E-state index contributed by atoms with van der Waals surface area (Å²) in [5, 5.41) is 13.6. The van der Waals surface area contributed by atoms with Gasteiger partial charge in [-0.25, -0.2) is 15.0 Å². The zero-order chi connectivity index (χ0) is 29.1. The topological polar surface area (TPSA) is 134 Å². The summed E-state index contributed by atoms with van der Waals surface area (Å²) >= 11 is 0. The van der Waals surface area contributed by atoms with E-state index in [0.29, 0.717) is 23.5 Å². The molecule has 0 spiro atoms. The molecule has 1 fully saturated rings. The van der Waals surface area contributed by atoms with E-state index in [1.807, 2.05) is 65.1 Å². The molecule has 11 heteroatoms. The Bertz CT molecular complexity index is 1510. The number of aryl methyl sites for hydroxylation is 1. The summed E-state index contributed by atoms with van der Waals surface area (Å²) in [5.41, 5.74) is 4.53. The van der Waals surface area contributed by atoms with Crippen LogP contribution in [0.2, 0.25) is 0 Å². The summed E-state index contributed by atoms with van der Waals surface area (Å²) in [6.45, 7) is 14.9. The maximum absolute atomic E-state index is 12.7. The average molecular weight is 556 g/mol. The van der Waals surface area contributed by atoms with Gasteiger partial charge in [0, 0.05) is 42.7 Å². The van der Waals surface area contributed by atoms with E-state index in [9.17, 15) is 4.79 Å². The van der Waals surface area contributed by atoms with E-state index in [-0.39, 0.29) is 17.3 Å². The van der Waals surface area contributed by atoms with Gasteiger partial charge in [-0.1, -0.05) is 38.1 Å². The Labute approximate surface area is 240 Å². The van der Waals surface area contributed by atoms with E-state index in [2.05, 4.69) is 65.0 Å². The third kappa shape index (κ3) is 6.51. The van der Waals surface area contributed by atoms with Crippen molar-refractivity contribution in [2.45, 2.75) is 59.0 Å². The predicted octanol–water partition coefficient (Wildman–Crippen LogP) is 4.56. The van der Waals surface area contributed by atoms with E-state index >= 15 is 0 Å². The highest BCUT2D eigenvalue weighted by atomic mass is 16.5. The molecule has 4 aromatic rings. The lowest BCUT2D eigenvalue weighted by molar-refractivity contribution is 0.0895. The summed E-state index contributed by atoms with van der Waals surface area (Å²) in [6, 6.07) is 12.2. The Morgan fingerprint density at radius 3 is 2.63 bits per heavy atom. The van der Waals surface area contributed by atoms with Crippen LogP contribution in [-0.4, -0.2) is 56.7 Å². The van der Waals surface area contributed by atoms with Crippen molar-refractivity contribution in [3.05, 3.63) is 71.8 Å². The monoisotopic (exact) mass is 555 g/mol. The normalized spacial score (nSPS) is 16.3. The van der Waals surface area contributed by atoms with Crippen LogP contribution in [0.5, 0.6) is 0 Å². The third-order valence-corrected chi connectivity index (χ3v) is 7.17. The van der Waals surface area contributed by atoms with Crippen LogP contribution in [0.25, 0.3) is 11.3 Å². The highest BCUT2D eigenvalue weighted by Crippen LogP contribution is 2.27. The molecule has 41 heavy (non-hydrogen) atoms. The molecule has 1 aliphatic heterocycles. The number of aromatic nitrogens is 5. The molecule has 11 nitrogen and oxygen atoms in total. The first-order chi connectivity index (χ1) is 19.6. The molecule has 1 saturated heterocycles. The minimum absolute atomic E-state index is 0.0421. The fourth-order valence-electron chi connectivity index (χ4n) is 4.85. The fourth-order valence-corrected chi connectivity index (χ4v) is 4.85. The van der Waals surface area contributed by atoms with Crippen molar-refractivity contribution in [1.29, 1.82) is 0 Å². The van der Waals surface area contributed by atoms with Gasteiger partial charge in [-0.2, -0.15) is 4.98 Å². The van der Waals surface area contributed by atoms with Crippen LogP contribution in [0.3, 0.4) is 0 Å². The molecule has 0 aliphatic carbocycles. The molecule has 1 aliphatic rings. The maximum atomic E-state index is 12.7. The van der Waals surface area contributed by atoms with Crippen molar-refractivity contribution < 1.29 is 9.32 Å². The second kappa shape index (κ2) is 11.6. The fraction of sp³-hybridized carbons (Fsp3) is 0.400. The van der Waals surface area contributed by atoms with Crippen LogP contribution in [0.1, 0.15) is 68.3 Å². The number of nitrogens with one attached hydrogen (secondary N) is 3. The summed E-state index contributed by atoms with van der Waals surface area (Å²) in [4.78, 5) is 32.8. The van der Waals surface area contributed by atoms with Gasteiger partial charge in [-0.3, -0.25) is 4.79 Å². The van der Waals surface area contributed by atoms with Gasteiger partial charge in [-0.15, -0.1) is 0 Å². The van der Waals surface area contributed by atoms with Gasteiger partial charge >= 0.3 is 11.8 Å². The molecule has 0 bridgehead atoms. The Kier molecular flexibility index (Phi) is 7.98. The number of amides is 1. The van der Waals surface area contributed by atoms with Crippen molar-refractivity contribution in [2.24, 2.45) is 0 Å². The zero-order valence-corrected chi connectivity index (χ0v) is 24.4. The molecule has 3 N–H and O–H groups in total. The van der Waals surface area contributed by atoms with Crippen LogP contribution in [0.15, 0.2) is 53.4 Å². The smallest absolute Gasteiger partial charge is 0.315 e. The number of piperazine rings is 1. The minimum atomic E-state index is -0.403. The van der Waals surface area contributed by atoms with E-state index in [1.165, 1.54) is 6.33 Å². The summed E-state index contributed by atoms with van der Waals surface area (Å²) < 4.78 is 5.19. The Hall–Kier alpha value is -4.38. The minimum Gasteiger partial charge on any atom is -0.365 e. The number of anilines is 3. The van der Waals surface area contributed by atoms with Crippen molar-refractivity contribution in [2.75, 3.05) is 29.9 Å². The molecule has 5 rings (SSSR count). The van der Waals surface area contributed by atoms with Crippen LogP contribution in [0.4, 0.5) is 17.3 Å². The van der Waals surface area contributed by atoms with E-state index in [4.69, 9.17) is 4.52 Å². The summed E-state index contributed by atoms with van der Waals surface area (Å²) in [5.74, 6) is 1.42. The first kappa shape index (κ1) is 28.2. The number of benzene rings is 1. The molecule has 1 aromatic carbocycles. The lowest BCUT2D eigenvalue weighted by Crippen LogP contribution is -2.49. The van der Waals surface area contributed by atoms with Crippen LogP contribution in [-0.2, 0) is 5.41 Å². The molecular formula is C30H37N9O2. The SMILES string of the molecule is Cc1cc(-c2cc(Nc3ccc(N4CCNC[C@@H]4C)cn3)ncn2)ccc1[C@@H](C)NC(=O)c1nc(C(C)(C)C)no1. The zero-order valence-electron chi connectivity index (χ0n) is 24.4. The number of hydrogen-bond donors (Lipinski definition) is 3. The van der Waals surface area contributed by atoms with Gasteiger partial charge < -0.3 is 25.4 Å². The Balaban J connectivity index is 1.25. The van der Waals surface area contributed by atoms with E-state index < -0.39 is 5.91 Å². The van der Waals surface area contributed by atoms with Crippen molar-refractivity contribution in [3.63, 3.8) is 0 Å². The maximum Gasteiger partial charge on any atom is 0.315 e. The largest absolute Gasteiger partial charge is 0.365 e. The first-order valence-corrected chi connectivity index (χ1v) is 13.9. The van der Waals surface area contributed by atoms with Gasteiger partial charge in [0.25, 0.3) is 0 Å². The van der Waals surface area contributed by atoms with Crippen molar-refractivity contribution >= 4 is 23.2 Å². The standard InChI is InChI=1S/C30H37N9O2/c1-18-13-21(7-9-23(18)20(3)35-27(40)28-37-29(38-41-28)30(4,5)6)24-14-26(34-17-33-24)36-25-10-8-22(16-32-25)39-12-11-31-15-19(39)2/h7-10,13-14,16-17,19-20,31H,11-12,15H2,1-6H3,(H,35,40)(H,32,33,34,36)/t19-,20+/m0/s1. The molecule has 0 radical (unpaired) electrons. The van der Waals surface area contributed by atoms with Gasteiger partial charge in [0.1, 0.15) is 18.0 Å². The van der Waals surface area contributed by atoms with Gasteiger partial charge in [0.15, 0.2) is 5.82 Å². The Morgan fingerprint density at radius 2 is 1.95 bits per heavy atom. The number of carbonyl (C=O) groups excluding carboxylic acids is 1. The molecule has 4 heterocycles. The molecule has 3 aromatic heterocycles. The molecular weight excluding hydrogens is 518 g/mol. The van der Waals surface area contributed by atoms with Crippen molar-refractivity contribution in [1.82, 2.24) is 35.7 Å². The number of hydrogen-bond acceptors (Lipinski definition) is 10. The quantitative estimate of drug-likeness (QED) is 0.298. The molecule has 2 atom stereocenters. The van der Waals surface area contributed by atoms with Crippen LogP contribution < -0.4 is 20.9 Å². The second-order valence-corrected chi connectivity index (χ2v) is 11.5. The number of carbonyl (C=O) groups is 1. The van der Waals surface area contributed by atoms with Crippen molar-refractivity contribution in [3.8, 4) is 11.3 Å². The molecule has 0 unspecified atom stereocenters. The van der Waals surface area contributed by atoms with Crippen LogP contribution in [0, 0.1) is 6.92 Å². The van der Waals surface area contributed by atoms with E-state index in [0.717, 1.165) is 47.7 Å². The van der Waals surface area contributed by atoms with Crippen LogP contribution >= 0.6 is 0 Å². The number of nitrogens with zero attached hydrogens (tertiary/aromatic N) is 6. The summed E-state index contributed by atoms with van der Waals surface area (Å²) in [6.07, 6.45) is 3.44. The lowest BCUT2D eigenvalue weighted by atomic mass is 9.96. The second-order valence-electron chi connectivity index (χ2n) is 11.5.